The molecule has 0 aliphatic heterocycles. The third-order valence-electron chi connectivity index (χ3n) is 4.01. The molecule has 2 amide bonds. The lowest BCUT2D eigenvalue weighted by molar-refractivity contribution is 0.236. The van der Waals surface area contributed by atoms with E-state index >= 15 is 0 Å². The van der Waals surface area contributed by atoms with Crippen LogP contribution in [0.2, 0.25) is 0 Å². The Morgan fingerprint density at radius 3 is 2.91 bits per heavy atom. The Hall–Kier alpha value is -2.04. The maximum Gasteiger partial charge on any atom is 0.314 e. The van der Waals surface area contributed by atoms with E-state index < -0.39 is 0 Å². The van der Waals surface area contributed by atoms with E-state index in [0.717, 1.165) is 30.4 Å². The van der Waals surface area contributed by atoms with Crippen LogP contribution in [-0.2, 0) is 6.54 Å². The summed E-state index contributed by atoms with van der Waals surface area (Å²) in [6.45, 7) is 5.77. The van der Waals surface area contributed by atoms with Gasteiger partial charge in [-0.3, -0.25) is 0 Å². The lowest BCUT2D eigenvalue weighted by atomic mass is 10.1. The van der Waals surface area contributed by atoms with E-state index in [1.54, 1.807) is 0 Å². The van der Waals surface area contributed by atoms with Gasteiger partial charge in [-0.05, 0) is 31.9 Å². The van der Waals surface area contributed by atoms with Crippen LogP contribution < -0.4 is 10.6 Å². The van der Waals surface area contributed by atoms with E-state index in [1.807, 2.05) is 24.5 Å². The molecular formula is C18H28N4O. The summed E-state index contributed by atoms with van der Waals surface area (Å²) in [7, 11) is 0. The number of amides is 2. The number of carbonyl (C=O) groups is 1. The zero-order chi connectivity index (χ0) is 16.5. The first-order chi connectivity index (χ1) is 11.2. The molecule has 1 unspecified atom stereocenters. The van der Waals surface area contributed by atoms with Crippen LogP contribution in [0.3, 0.4) is 0 Å². The number of hydrogen-bond acceptors (Lipinski definition) is 2. The molecule has 2 N–H and O–H groups in total. The van der Waals surface area contributed by atoms with Gasteiger partial charge in [0, 0.05) is 19.1 Å². The summed E-state index contributed by atoms with van der Waals surface area (Å²) in [5, 5.41) is 5.92. The SMILES string of the molecule is CCCCCC(C)NC(=O)NCCCn1cnc2ccccc21. The predicted molar refractivity (Wildman–Crippen MR) is 94.5 cm³/mol. The first-order valence-corrected chi connectivity index (χ1v) is 8.65. The maximum atomic E-state index is 11.8. The highest BCUT2D eigenvalue weighted by Gasteiger charge is 2.06. The van der Waals surface area contributed by atoms with Crippen molar-refractivity contribution in [3.05, 3.63) is 30.6 Å². The lowest BCUT2D eigenvalue weighted by Crippen LogP contribution is -2.41. The number of para-hydroxylation sites is 2. The molecule has 0 spiro atoms. The molecule has 0 bridgehead atoms. The molecule has 0 aliphatic carbocycles. The van der Waals surface area contributed by atoms with Crippen LogP contribution in [0.15, 0.2) is 30.6 Å². The first-order valence-electron chi connectivity index (χ1n) is 8.65. The van der Waals surface area contributed by atoms with E-state index in [1.165, 1.54) is 19.3 Å². The number of benzene rings is 1. The van der Waals surface area contributed by atoms with E-state index in [4.69, 9.17) is 0 Å². The van der Waals surface area contributed by atoms with E-state index in [9.17, 15) is 4.79 Å². The van der Waals surface area contributed by atoms with E-state index in [-0.39, 0.29) is 12.1 Å². The molecule has 1 aromatic heterocycles. The van der Waals surface area contributed by atoms with Crippen LogP contribution in [0.25, 0.3) is 11.0 Å². The molecular weight excluding hydrogens is 288 g/mol. The summed E-state index contributed by atoms with van der Waals surface area (Å²) in [6.07, 6.45) is 7.40. The largest absolute Gasteiger partial charge is 0.338 e. The Morgan fingerprint density at radius 1 is 1.26 bits per heavy atom. The number of aromatic nitrogens is 2. The zero-order valence-corrected chi connectivity index (χ0v) is 14.2. The Bertz CT molecular complexity index is 608. The Kier molecular flexibility index (Phi) is 6.91. The molecule has 2 aromatic rings. The van der Waals surface area contributed by atoms with Gasteiger partial charge in [-0.2, -0.15) is 0 Å². The van der Waals surface area contributed by atoms with Gasteiger partial charge in [-0.15, -0.1) is 0 Å². The number of aryl methyl sites for hydroxylation is 1. The van der Waals surface area contributed by atoms with Crippen molar-refractivity contribution in [1.82, 2.24) is 20.2 Å². The van der Waals surface area contributed by atoms with Gasteiger partial charge in [0.15, 0.2) is 0 Å². The van der Waals surface area contributed by atoms with Gasteiger partial charge in [-0.1, -0.05) is 38.3 Å². The Morgan fingerprint density at radius 2 is 2.09 bits per heavy atom. The van der Waals surface area contributed by atoms with Crippen molar-refractivity contribution in [2.45, 2.75) is 58.5 Å². The van der Waals surface area contributed by atoms with E-state index in [0.29, 0.717) is 6.54 Å². The van der Waals surface area contributed by atoms with E-state index in [2.05, 4.69) is 40.1 Å². The molecule has 0 aliphatic rings. The molecule has 5 heteroatoms. The standard InChI is InChI=1S/C18H28N4O/c1-3-4-5-9-15(2)21-18(23)19-12-8-13-22-14-20-16-10-6-7-11-17(16)22/h6-7,10-11,14-15H,3-5,8-9,12-13H2,1-2H3,(H2,19,21,23). The molecule has 0 fully saturated rings. The number of hydrogen-bond donors (Lipinski definition) is 2. The number of carbonyl (C=O) groups excluding carboxylic acids is 1. The van der Waals surface area contributed by atoms with Gasteiger partial charge in [0.25, 0.3) is 0 Å². The highest BCUT2D eigenvalue weighted by atomic mass is 16.2. The number of unbranched alkanes of at least 4 members (excludes halogenated alkanes) is 2. The number of nitrogens with zero attached hydrogens (tertiary/aromatic N) is 2. The first kappa shape index (κ1) is 17.3. The molecule has 1 atom stereocenters. The maximum absolute atomic E-state index is 11.8. The number of fused-ring (bicyclic) bond motifs is 1. The van der Waals surface area contributed by atoms with Crippen LogP contribution in [0.5, 0.6) is 0 Å². The van der Waals surface area contributed by atoms with Gasteiger partial charge in [0.05, 0.1) is 17.4 Å². The zero-order valence-electron chi connectivity index (χ0n) is 14.2. The van der Waals surface area contributed by atoms with Crippen molar-refractivity contribution in [1.29, 1.82) is 0 Å². The minimum absolute atomic E-state index is 0.0653. The third-order valence-corrected chi connectivity index (χ3v) is 4.01. The smallest absolute Gasteiger partial charge is 0.314 e. The summed E-state index contributed by atoms with van der Waals surface area (Å²) >= 11 is 0. The van der Waals surface area contributed by atoms with Crippen LogP contribution in [0, 0.1) is 0 Å². The van der Waals surface area contributed by atoms with Crippen LogP contribution in [0.4, 0.5) is 4.79 Å². The molecule has 0 saturated heterocycles. The summed E-state index contributed by atoms with van der Waals surface area (Å²) in [4.78, 5) is 16.2. The monoisotopic (exact) mass is 316 g/mol. The van der Waals surface area contributed by atoms with Crippen LogP contribution >= 0.6 is 0 Å². The topological polar surface area (TPSA) is 59.0 Å². The average molecular weight is 316 g/mol. The van der Waals surface area contributed by atoms with Crippen molar-refractivity contribution in [2.75, 3.05) is 6.54 Å². The Balaban J connectivity index is 1.64. The average Bonchev–Trinajstić information content (AvgIpc) is 2.95. The van der Waals surface area contributed by atoms with Gasteiger partial charge >= 0.3 is 6.03 Å². The minimum Gasteiger partial charge on any atom is -0.338 e. The molecule has 5 nitrogen and oxygen atoms in total. The van der Waals surface area contributed by atoms with Gasteiger partial charge in [-0.25, -0.2) is 9.78 Å². The molecule has 1 aromatic carbocycles. The van der Waals surface area contributed by atoms with Crippen molar-refractivity contribution in [3.8, 4) is 0 Å². The molecule has 23 heavy (non-hydrogen) atoms. The van der Waals surface area contributed by atoms with Crippen molar-refractivity contribution in [3.63, 3.8) is 0 Å². The molecule has 0 radical (unpaired) electrons. The fourth-order valence-corrected chi connectivity index (χ4v) is 2.69. The van der Waals surface area contributed by atoms with Crippen molar-refractivity contribution < 1.29 is 4.79 Å². The number of rotatable bonds is 9. The highest BCUT2D eigenvalue weighted by molar-refractivity contribution is 5.75. The minimum atomic E-state index is -0.0653. The van der Waals surface area contributed by atoms with Gasteiger partial charge in [0.1, 0.15) is 0 Å². The van der Waals surface area contributed by atoms with Gasteiger partial charge < -0.3 is 15.2 Å². The summed E-state index contributed by atoms with van der Waals surface area (Å²) in [5.74, 6) is 0. The van der Waals surface area contributed by atoms with Gasteiger partial charge in [0.2, 0.25) is 0 Å². The highest BCUT2D eigenvalue weighted by Crippen LogP contribution is 2.11. The third kappa shape index (κ3) is 5.58. The van der Waals surface area contributed by atoms with Crippen LogP contribution in [-0.4, -0.2) is 28.2 Å². The molecule has 1 heterocycles. The summed E-state index contributed by atoms with van der Waals surface area (Å²) in [5.41, 5.74) is 2.15. The molecule has 126 valence electrons. The number of imidazole rings is 1. The lowest BCUT2D eigenvalue weighted by Gasteiger charge is -2.14. The number of nitrogens with one attached hydrogen (secondary N) is 2. The quantitative estimate of drug-likeness (QED) is 0.693. The second kappa shape index (κ2) is 9.18. The number of urea groups is 1. The fourth-order valence-electron chi connectivity index (χ4n) is 2.69. The second-order valence-electron chi connectivity index (χ2n) is 6.08. The Labute approximate surface area is 138 Å². The summed E-state index contributed by atoms with van der Waals surface area (Å²) in [6, 6.07) is 8.26. The predicted octanol–water partition coefficient (Wildman–Crippen LogP) is 3.69. The van der Waals surface area contributed by atoms with Crippen molar-refractivity contribution >= 4 is 17.1 Å². The van der Waals surface area contributed by atoms with Crippen molar-refractivity contribution in [2.24, 2.45) is 0 Å². The normalized spacial score (nSPS) is 12.3. The molecule has 2 rings (SSSR count). The fraction of sp³-hybridized carbons (Fsp3) is 0.556. The summed E-state index contributed by atoms with van der Waals surface area (Å²) < 4.78 is 2.13. The molecule has 0 saturated carbocycles. The second-order valence-corrected chi connectivity index (χ2v) is 6.08. The van der Waals surface area contributed by atoms with Crippen LogP contribution in [0.1, 0.15) is 46.0 Å².